The minimum atomic E-state index is -4.33. The van der Waals surface area contributed by atoms with Crippen molar-refractivity contribution in [2.75, 3.05) is 25.6 Å². The summed E-state index contributed by atoms with van der Waals surface area (Å²) < 4.78 is 58.8. The minimum absolute atomic E-state index is 0.118. The van der Waals surface area contributed by atoms with Crippen molar-refractivity contribution in [2.45, 2.75) is 71.7 Å². The zero-order valence-corrected chi connectivity index (χ0v) is 25.8. The smallest absolute Gasteiger partial charge is 0.459 e. The molecule has 0 bridgehead atoms. The van der Waals surface area contributed by atoms with Crippen molar-refractivity contribution in [2.24, 2.45) is 5.41 Å². The number of ether oxygens (including phenoxy) is 3. The molecule has 16 heteroatoms. The number of hydrogen-bond acceptors (Lipinski definition) is 12. The van der Waals surface area contributed by atoms with Crippen LogP contribution in [0.3, 0.4) is 0 Å². The Hall–Kier alpha value is -3.36. The second-order valence-electron chi connectivity index (χ2n) is 11.5. The molecule has 2 aromatic heterocycles. The molecule has 1 aromatic carbocycles. The summed E-state index contributed by atoms with van der Waals surface area (Å²) in [6.07, 6.45) is -3.47. The van der Waals surface area contributed by atoms with Crippen molar-refractivity contribution in [1.82, 2.24) is 24.6 Å². The molecule has 0 spiro atoms. The number of fused-ring (bicyclic) bond motifs is 1. The van der Waals surface area contributed by atoms with Gasteiger partial charge in [0.1, 0.15) is 23.5 Å². The molecular formula is C27H38FN6O8P. The first-order valence-corrected chi connectivity index (χ1v) is 15.3. The van der Waals surface area contributed by atoms with Gasteiger partial charge in [-0.3, -0.25) is 13.9 Å². The zero-order chi connectivity index (χ0) is 31.6. The Morgan fingerprint density at radius 1 is 1.30 bits per heavy atom. The highest BCUT2D eigenvalue weighted by Gasteiger charge is 2.55. The lowest BCUT2D eigenvalue weighted by Gasteiger charge is -2.26. The Bertz CT molecular complexity index is 1470. The maximum atomic E-state index is 15.7. The maximum Gasteiger partial charge on any atom is 0.459 e. The van der Waals surface area contributed by atoms with Gasteiger partial charge in [-0.25, -0.2) is 13.9 Å². The second-order valence-corrected chi connectivity index (χ2v) is 13.2. The molecule has 6 atom stereocenters. The molecule has 0 saturated carbocycles. The summed E-state index contributed by atoms with van der Waals surface area (Å²) in [5, 5.41) is 13.7. The third kappa shape index (κ3) is 7.60. The normalized spacial score (nSPS) is 24.4. The van der Waals surface area contributed by atoms with Crippen LogP contribution in [0.25, 0.3) is 11.2 Å². The number of nitrogen functional groups attached to an aromatic ring is 1. The lowest BCUT2D eigenvalue weighted by Crippen LogP contribution is -2.42. The van der Waals surface area contributed by atoms with Crippen LogP contribution in [-0.4, -0.2) is 74.3 Å². The summed E-state index contributed by atoms with van der Waals surface area (Å²) in [7, 11) is -4.33. The summed E-state index contributed by atoms with van der Waals surface area (Å²) in [5.41, 5.74) is 3.84. The Balaban J connectivity index is 1.54. The van der Waals surface area contributed by atoms with E-state index in [1.165, 1.54) is 24.7 Å². The molecule has 14 nitrogen and oxygen atoms in total. The Morgan fingerprint density at radius 2 is 2.00 bits per heavy atom. The molecule has 1 saturated heterocycles. The molecule has 1 aliphatic heterocycles. The Labute approximate surface area is 248 Å². The molecular weight excluding hydrogens is 586 g/mol. The SMILES string of the molecule is CCOc1nc(N)nc2c1ncn2[C@@H]1O[C@H](COP(=O)(NC(C)C(=O)OCC(C)(C)C)Oc2ccccc2)[C@@H](F)[C@@]1(C)O. The van der Waals surface area contributed by atoms with E-state index in [1.807, 2.05) is 20.8 Å². The van der Waals surface area contributed by atoms with Gasteiger partial charge in [0.25, 0.3) is 0 Å². The van der Waals surface area contributed by atoms with E-state index >= 15 is 4.39 Å². The molecule has 0 radical (unpaired) electrons. The summed E-state index contributed by atoms with van der Waals surface area (Å²) in [4.78, 5) is 25.1. The van der Waals surface area contributed by atoms with E-state index in [0.29, 0.717) is 0 Å². The van der Waals surface area contributed by atoms with E-state index < -0.39 is 50.5 Å². The number of nitrogens with two attached hydrogens (primary N) is 1. The van der Waals surface area contributed by atoms with Gasteiger partial charge in [0, 0.05) is 0 Å². The molecule has 2 unspecified atom stereocenters. The summed E-state index contributed by atoms with van der Waals surface area (Å²) in [6, 6.07) is 7.02. The van der Waals surface area contributed by atoms with Crippen LogP contribution in [0.15, 0.2) is 36.7 Å². The highest BCUT2D eigenvalue weighted by molar-refractivity contribution is 7.52. The number of benzene rings is 1. The van der Waals surface area contributed by atoms with Gasteiger partial charge in [0.2, 0.25) is 11.8 Å². The van der Waals surface area contributed by atoms with Crippen molar-refractivity contribution < 1.29 is 42.1 Å². The first-order valence-electron chi connectivity index (χ1n) is 13.7. The molecule has 1 fully saturated rings. The number of alkyl halides is 1. The number of hydrogen-bond donors (Lipinski definition) is 3. The summed E-state index contributed by atoms with van der Waals surface area (Å²) in [5.74, 6) is -0.501. The lowest BCUT2D eigenvalue weighted by atomic mass is 9.98. The van der Waals surface area contributed by atoms with Gasteiger partial charge in [0.15, 0.2) is 23.6 Å². The maximum absolute atomic E-state index is 15.7. The fraction of sp³-hybridized carbons (Fsp3) is 0.556. The quantitative estimate of drug-likeness (QED) is 0.197. The number of rotatable bonds is 12. The predicted octanol–water partition coefficient (Wildman–Crippen LogP) is 3.56. The molecule has 0 amide bonds. The number of carbonyl (C=O) groups excluding carboxylic acids is 1. The first kappa shape index (κ1) is 32.6. The third-order valence-corrected chi connectivity index (χ3v) is 8.00. The van der Waals surface area contributed by atoms with Gasteiger partial charge >= 0.3 is 13.7 Å². The van der Waals surface area contributed by atoms with E-state index in [0.717, 1.165) is 0 Å². The third-order valence-electron chi connectivity index (χ3n) is 6.36. The van der Waals surface area contributed by atoms with Crippen molar-refractivity contribution in [3.8, 4) is 11.6 Å². The minimum Gasteiger partial charge on any atom is -0.476 e. The number of imidazole rings is 1. The summed E-state index contributed by atoms with van der Waals surface area (Å²) >= 11 is 0. The number of halogens is 1. The standard InChI is InChI=1S/C27H38FN6O8P/c1-7-38-22-19-21(31-25(29)32-22)34(15-30-19)24-27(6,36)20(28)18(41-24)13-40-43(37,42-17-11-9-8-10-12-17)33-16(2)23(35)39-14-26(3,4)5/h8-12,15-16,18,20,24,36H,7,13-14H2,1-6H3,(H,33,37)(H2,29,31,32)/t16?,18-,20-,24-,27-,43?/m1/s1. The van der Waals surface area contributed by atoms with Crippen LogP contribution >= 0.6 is 7.75 Å². The van der Waals surface area contributed by atoms with Gasteiger partial charge < -0.3 is 29.6 Å². The van der Waals surface area contributed by atoms with Crippen LogP contribution in [0.1, 0.15) is 47.8 Å². The average molecular weight is 625 g/mol. The predicted molar refractivity (Wildman–Crippen MR) is 154 cm³/mol. The van der Waals surface area contributed by atoms with Crippen LogP contribution < -0.4 is 20.1 Å². The monoisotopic (exact) mass is 624 g/mol. The number of aliphatic hydroxyl groups is 1. The first-order chi connectivity index (χ1) is 20.1. The van der Waals surface area contributed by atoms with Gasteiger partial charge in [-0.1, -0.05) is 39.0 Å². The van der Waals surface area contributed by atoms with E-state index in [1.54, 1.807) is 37.3 Å². The average Bonchev–Trinajstić information content (AvgIpc) is 3.44. The molecule has 4 rings (SSSR count). The van der Waals surface area contributed by atoms with Gasteiger partial charge in [-0.15, -0.1) is 0 Å². The fourth-order valence-corrected chi connectivity index (χ4v) is 5.76. The number of carbonyl (C=O) groups is 1. The van der Waals surface area contributed by atoms with E-state index in [9.17, 15) is 14.5 Å². The van der Waals surface area contributed by atoms with Crippen molar-refractivity contribution in [3.05, 3.63) is 36.7 Å². The highest BCUT2D eigenvalue weighted by atomic mass is 31.2. The topological polar surface area (TPSA) is 182 Å². The summed E-state index contributed by atoms with van der Waals surface area (Å²) in [6.45, 7) is 9.93. The molecule has 236 valence electrons. The molecule has 3 aromatic rings. The van der Waals surface area contributed by atoms with E-state index in [2.05, 4.69) is 20.0 Å². The van der Waals surface area contributed by atoms with Gasteiger partial charge in [0.05, 0.1) is 26.1 Å². The lowest BCUT2D eigenvalue weighted by molar-refractivity contribution is -0.148. The number of nitrogens with one attached hydrogen (secondary N) is 1. The largest absolute Gasteiger partial charge is 0.476 e. The van der Waals surface area contributed by atoms with Gasteiger partial charge in [-0.2, -0.15) is 15.1 Å². The van der Waals surface area contributed by atoms with Crippen molar-refractivity contribution in [1.29, 1.82) is 0 Å². The number of nitrogens with zero attached hydrogens (tertiary/aromatic N) is 4. The van der Waals surface area contributed by atoms with Crippen LogP contribution in [0.2, 0.25) is 0 Å². The molecule has 1 aliphatic rings. The number of aromatic nitrogens is 4. The molecule has 0 aliphatic carbocycles. The second kappa shape index (κ2) is 12.7. The van der Waals surface area contributed by atoms with Crippen LogP contribution in [-0.2, 0) is 23.4 Å². The highest BCUT2D eigenvalue weighted by Crippen LogP contribution is 2.48. The molecule has 4 N–H and O–H groups in total. The molecule has 43 heavy (non-hydrogen) atoms. The Kier molecular flexibility index (Phi) is 9.62. The van der Waals surface area contributed by atoms with Crippen LogP contribution in [0.5, 0.6) is 11.6 Å². The van der Waals surface area contributed by atoms with Crippen molar-refractivity contribution >= 4 is 30.8 Å². The number of esters is 1. The number of anilines is 1. The van der Waals surface area contributed by atoms with Crippen molar-refractivity contribution in [3.63, 3.8) is 0 Å². The molecule has 3 heterocycles. The fourth-order valence-electron chi connectivity index (χ4n) is 4.26. The van der Waals surface area contributed by atoms with E-state index in [4.69, 9.17) is 29.0 Å². The Morgan fingerprint density at radius 3 is 2.65 bits per heavy atom. The number of para-hydroxylation sites is 1. The van der Waals surface area contributed by atoms with Gasteiger partial charge in [-0.05, 0) is 38.3 Å². The van der Waals surface area contributed by atoms with Crippen LogP contribution in [0.4, 0.5) is 10.3 Å². The van der Waals surface area contributed by atoms with E-state index in [-0.39, 0.29) is 47.4 Å². The zero-order valence-electron chi connectivity index (χ0n) is 24.9. The van der Waals surface area contributed by atoms with Crippen LogP contribution in [0, 0.1) is 5.41 Å².